The third kappa shape index (κ3) is 3.04. The number of anilines is 1. The number of benzene rings is 1. The molecule has 4 aromatic rings. The Morgan fingerprint density at radius 3 is 2.81 bits per heavy atom. The number of nitrogens with one attached hydrogen (secondary N) is 1. The molecule has 5 nitrogen and oxygen atoms in total. The summed E-state index contributed by atoms with van der Waals surface area (Å²) in [5.74, 6) is -1.02. The predicted molar refractivity (Wildman–Crippen MR) is 102 cm³/mol. The topological polar surface area (TPSA) is 64.0 Å². The number of fused-ring (bicyclic) bond motifs is 1. The average molecular weight is 385 g/mol. The van der Waals surface area contributed by atoms with Crippen LogP contribution >= 0.6 is 22.7 Å². The van der Waals surface area contributed by atoms with Crippen molar-refractivity contribution in [3.8, 4) is 10.4 Å². The van der Waals surface area contributed by atoms with Crippen LogP contribution in [0.25, 0.3) is 20.7 Å². The Hall–Kier alpha value is -2.84. The van der Waals surface area contributed by atoms with Gasteiger partial charge in [0.25, 0.3) is 5.56 Å². The van der Waals surface area contributed by atoms with E-state index in [1.807, 2.05) is 22.9 Å². The molecule has 0 saturated heterocycles. The van der Waals surface area contributed by atoms with Gasteiger partial charge in [-0.3, -0.25) is 14.2 Å². The molecule has 0 aliphatic heterocycles. The standard InChI is InChI=1S/C18H12FN3O2S2/c19-12-4-1-2-5-13(12)21-15(23)8-22-10-20-17-16(18(22)24)11(9-26-17)14-6-3-7-25-14/h1-7,9-10H,8H2,(H,21,23). The lowest BCUT2D eigenvalue weighted by Gasteiger charge is -2.08. The van der Waals surface area contributed by atoms with Gasteiger partial charge in [0.05, 0.1) is 17.4 Å². The molecular formula is C18H12FN3O2S2. The first-order valence-corrected chi connectivity index (χ1v) is 9.44. The van der Waals surface area contributed by atoms with E-state index in [0.29, 0.717) is 10.2 Å². The number of amides is 1. The van der Waals surface area contributed by atoms with Crippen LogP contribution in [0.5, 0.6) is 0 Å². The summed E-state index contributed by atoms with van der Waals surface area (Å²) in [7, 11) is 0. The lowest BCUT2D eigenvalue weighted by atomic mass is 10.2. The highest BCUT2D eigenvalue weighted by Crippen LogP contribution is 2.33. The second kappa shape index (κ2) is 6.81. The molecule has 1 amide bonds. The zero-order valence-corrected chi connectivity index (χ0v) is 14.9. The van der Waals surface area contributed by atoms with Crippen LogP contribution in [0, 0.1) is 5.82 Å². The predicted octanol–water partition coefficient (Wildman–Crippen LogP) is 3.96. The van der Waals surface area contributed by atoms with E-state index >= 15 is 0 Å². The normalized spacial score (nSPS) is 11.0. The van der Waals surface area contributed by atoms with Crippen LogP contribution in [0.4, 0.5) is 10.1 Å². The number of hydrogen-bond donors (Lipinski definition) is 1. The van der Waals surface area contributed by atoms with Gasteiger partial charge >= 0.3 is 0 Å². The number of hydrogen-bond acceptors (Lipinski definition) is 5. The van der Waals surface area contributed by atoms with Crippen LogP contribution in [-0.2, 0) is 11.3 Å². The number of carbonyl (C=O) groups excluding carboxylic acids is 1. The van der Waals surface area contributed by atoms with Crippen molar-refractivity contribution in [1.29, 1.82) is 0 Å². The number of para-hydroxylation sites is 1. The zero-order chi connectivity index (χ0) is 18.1. The number of halogens is 1. The maximum Gasteiger partial charge on any atom is 0.263 e. The van der Waals surface area contributed by atoms with Crippen LogP contribution in [0.3, 0.4) is 0 Å². The van der Waals surface area contributed by atoms with Crippen LogP contribution < -0.4 is 10.9 Å². The minimum absolute atomic E-state index is 0.0781. The SMILES string of the molecule is O=C(Cn1cnc2scc(-c3cccs3)c2c1=O)Nc1ccccc1F. The molecule has 4 rings (SSSR count). The van der Waals surface area contributed by atoms with Crippen molar-refractivity contribution in [3.63, 3.8) is 0 Å². The molecule has 0 radical (unpaired) electrons. The fourth-order valence-corrected chi connectivity index (χ4v) is 4.32. The molecule has 3 aromatic heterocycles. The highest BCUT2D eigenvalue weighted by atomic mass is 32.1. The van der Waals surface area contributed by atoms with Crippen molar-refractivity contribution in [1.82, 2.24) is 9.55 Å². The molecule has 130 valence electrons. The molecule has 0 unspecified atom stereocenters. The van der Waals surface area contributed by atoms with E-state index < -0.39 is 11.7 Å². The summed E-state index contributed by atoms with van der Waals surface area (Å²) in [6, 6.07) is 9.74. The van der Waals surface area contributed by atoms with Gasteiger partial charge in [0, 0.05) is 15.8 Å². The molecule has 1 aromatic carbocycles. The molecule has 0 aliphatic rings. The first-order valence-electron chi connectivity index (χ1n) is 7.68. The fourth-order valence-electron chi connectivity index (χ4n) is 2.60. The second-order valence-electron chi connectivity index (χ2n) is 5.51. The Labute approximate surface area is 155 Å². The van der Waals surface area contributed by atoms with Gasteiger partial charge in [0.2, 0.25) is 5.91 Å². The Morgan fingerprint density at radius 2 is 2.04 bits per heavy atom. The minimum atomic E-state index is -0.528. The summed E-state index contributed by atoms with van der Waals surface area (Å²) in [6.07, 6.45) is 1.35. The van der Waals surface area contributed by atoms with Gasteiger partial charge in [-0.1, -0.05) is 18.2 Å². The van der Waals surface area contributed by atoms with E-state index in [-0.39, 0.29) is 17.8 Å². The average Bonchev–Trinajstić information content (AvgIpc) is 3.29. The molecule has 1 N–H and O–H groups in total. The van der Waals surface area contributed by atoms with Crippen molar-refractivity contribution >= 4 is 44.5 Å². The monoisotopic (exact) mass is 385 g/mol. The third-order valence-corrected chi connectivity index (χ3v) is 5.60. The van der Waals surface area contributed by atoms with Crippen LogP contribution in [0.15, 0.2) is 58.3 Å². The van der Waals surface area contributed by atoms with E-state index in [1.54, 1.807) is 6.07 Å². The smallest absolute Gasteiger partial charge is 0.263 e. The van der Waals surface area contributed by atoms with E-state index in [2.05, 4.69) is 10.3 Å². The first kappa shape index (κ1) is 16.6. The largest absolute Gasteiger partial charge is 0.322 e. The molecule has 0 bridgehead atoms. The molecule has 0 fully saturated rings. The second-order valence-corrected chi connectivity index (χ2v) is 7.32. The maximum atomic E-state index is 13.7. The summed E-state index contributed by atoms with van der Waals surface area (Å²) in [4.78, 5) is 30.9. The number of nitrogens with zero attached hydrogens (tertiary/aromatic N) is 2. The van der Waals surface area contributed by atoms with Crippen LogP contribution in [0.2, 0.25) is 0 Å². The summed E-state index contributed by atoms with van der Waals surface area (Å²) >= 11 is 2.93. The molecule has 0 spiro atoms. The Balaban J connectivity index is 1.66. The first-order chi connectivity index (χ1) is 12.6. The molecule has 0 saturated carbocycles. The summed E-state index contributed by atoms with van der Waals surface area (Å²) in [5, 5.41) is 6.81. The molecular weight excluding hydrogens is 373 g/mol. The fraction of sp³-hybridized carbons (Fsp3) is 0.0556. The number of carbonyl (C=O) groups is 1. The lowest BCUT2D eigenvalue weighted by molar-refractivity contribution is -0.116. The van der Waals surface area contributed by atoms with Crippen molar-refractivity contribution in [2.75, 3.05) is 5.32 Å². The van der Waals surface area contributed by atoms with Gasteiger partial charge < -0.3 is 5.32 Å². The highest BCUT2D eigenvalue weighted by Gasteiger charge is 2.15. The lowest BCUT2D eigenvalue weighted by Crippen LogP contribution is -2.28. The third-order valence-electron chi connectivity index (χ3n) is 3.81. The maximum absolute atomic E-state index is 13.7. The highest BCUT2D eigenvalue weighted by molar-refractivity contribution is 7.18. The van der Waals surface area contributed by atoms with E-state index in [9.17, 15) is 14.0 Å². The molecule has 0 atom stereocenters. The minimum Gasteiger partial charge on any atom is -0.322 e. The number of thiophene rings is 2. The van der Waals surface area contributed by atoms with E-state index in [4.69, 9.17) is 0 Å². The van der Waals surface area contributed by atoms with Gasteiger partial charge in [-0.15, -0.1) is 22.7 Å². The van der Waals surface area contributed by atoms with Crippen LogP contribution in [-0.4, -0.2) is 15.5 Å². The van der Waals surface area contributed by atoms with Crippen molar-refractivity contribution < 1.29 is 9.18 Å². The van der Waals surface area contributed by atoms with Gasteiger partial charge in [0.15, 0.2) is 0 Å². The van der Waals surface area contributed by atoms with Gasteiger partial charge in [0.1, 0.15) is 17.2 Å². The van der Waals surface area contributed by atoms with Crippen molar-refractivity contribution in [2.24, 2.45) is 0 Å². The van der Waals surface area contributed by atoms with E-state index in [0.717, 1.165) is 10.4 Å². The van der Waals surface area contributed by atoms with E-state index in [1.165, 1.54) is 51.8 Å². The molecule has 26 heavy (non-hydrogen) atoms. The van der Waals surface area contributed by atoms with Gasteiger partial charge in [-0.05, 0) is 23.6 Å². The summed E-state index contributed by atoms with van der Waals surface area (Å²) < 4.78 is 14.9. The summed E-state index contributed by atoms with van der Waals surface area (Å²) in [5.41, 5.74) is 0.610. The molecule has 8 heteroatoms. The number of aromatic nitrogens is 2. The molecule has 3 heterocycles. The Bertz CT molecular complexity index is 1150. The van der Waals surface area contributed by atoms with Gasteiger partial charge in [-0.25, -0.2) is 9.37 Å². The van der Waals surface area contributed by atoms with Crippen molar-refractivity contribution in [3.05, 3.63) is 69.7 Å². The van der Waals surface area contributed by atoms with Crippen LogP contribution in [0.1, 0.15) is 0 Å². The quantitative estimate of drug-likeness (QED) is 0.578. The number of rotatable bonds is 4. The summed E-state index contributed by atoms with van der Waals surface area (Å²) in [6.45, 7) is -0.240. The van der Waals surface area contributed by atoms with Crippen molar-refractivity contribution in [2.45, 2.75) is 6.54 Å². The zero-order valence-electron chi connectivity index (χ0n) is 13.3. The Morgan fingerprint density at radius 1 is 1.19 bits per heavy atom. The Kier molecular flexibility index (Phi) is 4.36. The molecule has 0 aliphatic carbocycles. The van der Waals surface area contributed by atoms with Gasteiger partial charge in [-0.2, -0.15) is 0 Å².